The number of nitrogens with one attached hydrogen (secondary N) is 3. The van der Waals surface area contributed by atoms with Gasteiger partial charge in [-0.3, -0.25) is 19.9 Å². The molecule has 238 valence electrons. The van der Waals surface area contributed by atoms with E-state index >= 15 is 4.39 Å². The maximum absolute atomic E-state index is 15.4. The summed E-state index contributed by atoms with van der Waals surface area (Å²) in [5.74, 6) is 10.3. The fourth-order valence-corrected chi connectivity index (χ4v) is 4.88. The fraction of sp³-hybridized carbons (Fsp3) is 0.250. The van der Waals surface area contributed by atoms with Crippen LogP contribution in [-0.2, 0) is 14.3 Å². The largest absolute Gasteiger partial charge is 0.453 e. The van der Waals surface area contributed by atoms with E-state index < -0.39 is 23.9 Å². The monoisotopic (exact) mass is 637 g/mol. The second kappa shape index (κ2) is 17.4. The number of amides is 3. The van der Waals surface area contributed by atoms with Crippen molar-refractivity contribution in [2.24, 2.45) is 16.8 Å². The van der Waals surface area contributed by atoms with Crippen molar-refractivity contribution < 1.29 is 23.5 Å². The minimum atomic E-state index is -0.670. The summed E-state index contributed by atoms with van der Waals surface area (Å²) in [6, 6.07) is 13.7. The van der Waals surface area contributed by atoms with E-state index in [1.807, 2.05) is 0 Å². The average Bonchev–Trinajstić information content (AvgIpc) is 3.02. The van der Waals surface area contributed by atoms with Crippen molar-refractivity contribution in [1.82, 2.24) is 5.32 Å². The number of benzene rings is 3. The third kappa shape index (κ3) is 10.1. The number of anilines is 3. The molecule has 1 unspecified atom stereocenters. The third-order valence-electron chi connectivity index (χ3n) is 6.88. The molecule has 3 aromatic rings. The van der Waals surface area contributed by atoms with E-state index in [2.05, 4.69) is 32.7 Å². The first-order valence-corrected chi connectivity index (χ1v) is 14.6. The molecule has 1 atom stereocenters. The average molecular weight is 638 g/mol. The van der Waals surface area contributed by atoms with Gasteiger partial charge in [0.05, 0.1) is 24.5 Å². The number of hydrogen-bond acceptors (Lipinski definition) is 7. The molecule has 0 fully saturated rings. The van der Waals surface area contributed by atoms with E-state index in [0.717, 1.165) is 25.7 Å². The van der Waals surface area contributed by atoms with Crippen molar-refractivity contribution in [3.63, 3.8) is 0 Å². The van der Waals surface area contributed by atoms with E-state index in [9.17, 15) is 14.4 Å². The highest BCUT2D eigenvalue weighted by molar-refractivity contribution is 6.30. The molecule has 0 aliphatic heterocycles. The van der Waals surface area contributed by atoms with Crippen LogP contribution < -0.4 is 32.6 Å². The molecule has 7 N–H and O–H groups in total. The third-order valence-corrected chi connectivity index (χ3v) is 7.12. The number of carbonyl (C=O) groups excluding carboxylic acids is 3. The van der Waals surface area contributed by atoms with Crippen molar-refractivity contribution in [3.8, 4) is 11.1 Å². The first kappa shape index (κ1) is 34.5. The smallest absolute Gasteiger partial charge is 0.411 e. The zero-order valence-electron chi connectivity index (χ0n) is 25.1. The van der Waals surface area contributed by atoms with Crippen LogP contribution >= 0.6 is 11.6 Å². The first-order chi connectivity index (χ1) is 21.7. The van der Waals surface area contributed by atoms with Gasteiger partial charge in [0, 0.05) is 33.5 Å². The summed E-state index contributed by atoms with van der Waals surface area (Å²) in [5, 5.41) is 13.2. The van der Waals surface area contributed by atoms with Gasteiger partial charge in [-0.15, -0.1) is 0 Å². The molecule has 3 rings (SSSR count). The Morgan fingerprint density at radius 3 is 2.62 bits per heavy atom. The Morgan fingerprint density at radius 1 is 1.11 bits per heavy atom. The van der Waals surface area contributed by atoms with Gasteiger partial charge in [-0.25, -0.2) is 15.0 Å². The summed E-state index contributed by atoms with van der Waals surface area (Å²) in [6.45, 7) is 2.09. The van der Waals surface area contributed by atoms with Gasteiger partial charge < -0.3 is 21.2 Å². The molecular weight excluding hydrogens is 601 g/mol. The summed E-state index contributed by atoms with van der Waals surface area (Å²) < 4.78 is 20.0. The van der Waals surface area contributed by atoms with Crippen molar-refractivity contribution >= 4 is 59.5 Å². The molecule has 3 amide bonds. The standard InChI is InChI=1S/C32H37ClFN7O4/c1-3-4-5-6-7-28(40-31(43)15-9-22-16-23(33)10-14-30(22)41(36)19-38-35)26-17-21(8-13-27(26)34)25-12-11-24(39-32(44)45-2)18-29(25)37-20-42/h8-20,28H,3-7,35-36H2,1-2H3,(H,37,42)(H,39,44)(H,40,43)/b15-9+,38-19-. The van der Waals surface area contributed by atoms with Crippen LogP contribution in [0.15, 0.2) is 65.8 Å². The molecule has 0 spiro atoms. The lowest BCUT2D eigenvalue weighted by Gasteiger charge is -2.21. The minimum Gasteiger partial charge on any atom is -0.453 e. The molecule has 13 heteroatoms. The van der Waals surface area contributed by atoms with Crippen LogP contribution in [0.25, 0.3) is 17.2 Å². The number of methoxy groups -OCH3 is 1. The Morgan fingerprint density at radius 2 is 1.91 bits per heavy atom. The van der Waals surface area contributed by atoms with Gasteiger partial charge in [0.2, 0.25) is 12.3 Å². The zero-order valence-corrected chi connectivity index (χ0v) is 25.8. The van der Waals surface area contributed by atoms with E-state index in [-0.39, 0.29) is 5.56 Å². The van der Waals surface area contributed by atoms with Crippen molar-refractivity contribution in [1.29, 1.82) is 0 Å². The summed E-state index contributed by atoms with van der Waals surface area (Å²) in [4.78, 5) is 36.2. The predicted molar refractivity (Wildman–Crippen MR) is 177 cm³/mol. The number of carbonyl (C=O) groups is 3. The number of hydrazine groups is 1. The lowest BCUT2D eigenvalue weighted by molar-refractivity contribution is -0.117. The fourth-order valence-electron chi connectivity index (χ4n) is 4.70. The molecule has 0 aliphatic rings. The molecule has 0 saturated carbocycles. The highest BCUT2D eigenvalue weighted by Gasteiger charge is 2.20. The SMILES string of the molecule is CCCCCCC(NC(=O)/C=C/c1cc(Cl)ccc1N(N)/C=N\N)c1cc(-c2ccc(NC(=O)OC)cc2NC=O)ccc1F. The summed E-state index contributed by atoms with van der Waals surface area (Å²) in [5.41, 5.74) is 3.27. The molecular formula is C32H37ClFN7O4. The number of nitrogens with two attached hydrogens (primary N) is 2. The Kier molecular flexibility index (Phi) is 13.3. The summed E-state index contributed by atoms with van der Waals surface area (Å²) >= 11 is 6.17. The van der Waals surface area contributed by atoms with Crippen LogP contribution in [0.5, 0.6) is 0 Å². The van der Waals surface area contributed by atoms with Gasteiger partial charge in [-0.2, -0.15) is 5.10 Å². The van der Waals surface area contributed by atoms with Gasteiger partial charge in [-0.05, 0) is 60.5 Å². The van der Waals surface area contributed by atoms with Crippen LogP contribution in [0.1, 0.15) is 56.2 Å². The highest BCUT2D eigenvalue weighted by atomic mass is 35.5. The number of rotatable bonds is 15. The summed E-state index contributed by atoms with van der Waals surface area (Å²) in [7, 11) is 1.24. The molecule has 0 aromatic heterocycles. The number of hydrazone groups is 1. The number of nitrogens with zero attached hydrogens (tertiary/aromatic N) is 2. The maximum Gasteiger partial charge on any atom is 0.411 e. The highest BCUT2D eigenvalue weighted by Crippen LogP contribution is 2.34. The molecule has 11 nitrogen and oxygen atoms in total. The molecule has 0 radical (unpaired) electrons. The van der Waals surface area contributed by atoms with Gasteiger partial charge in [-0.1, -0.05) is 56.3 Å². The number of halogens is 2. The second-order valence-electron chi connectivity index (χ2n) is 9.99. The molecule has 0 aliphatic carbocycles. The Hall–Kier alpha value is -4.94. The Labute approximate surface area is 266 Å². The predicted octanol–water partition coefficient (Wildman–Crippen LogP) is 6.32. The molecule has 0 bridgehead atoms. The van der Waals surface area contributed by atoms with Gasteiger partial charge >= 0.3 is 6.09 Å². The van der Waals surface area contributed by atoms with Gasteiger partial charge in [0.25, 0.3) is 0 Å². The van der Waals surface area contributed by atoms with Crippen LogP contribution in [0, 0.1) is 5.82 Å². The van der Waals surface area contributed by atoms with Crippen LogP contribution in [0.2, 0.25) is 5.02 Å². The van der Waals surface area contributed by atoms with Crippen molar-refractivity contribution in [2.75, 3.05) is 22.8 Å². The lowest BCUT2D eigenvalue weighted by Crippen LogP contribution is -2.30. The van der Waals surface area contributed by atoms with Crippen LogP contribution in [0.4, 0.5) is 26.2 Å². The topological polar surface area (TPSA) is 164 Å². The maximum atomic E-state index is 15.4. The van der Waals surface area contributed by atoms with Crippen LogP contribution in [-0.4, -0.2) is 31.9 Å². The van der Waals surface area contributed by atoms with Crippen molar-refractivity contribution in [2.45, 2.75) is 45.1 Å². The molecule has 45 heavy (non-hydrogen) atoms. The van der Waals surface area contributed by atoms with Crippen molar-refractivity contribution in [3.05, 3.63) is 82.6 Å². The van der Waals surface area contributed by atoms with E-state index in [1.54, 1.807) is 54.6 Å². The van der Waals surface area contributed by atoms with E-state index in [1.165, 1.54) is 30.6 Å². The van der Waals surface area contributed by atoms with Crippen LogP contribution in [0.3, 0.4) is 0 Å². The van der Waals surface area contributed by atoms with Gasteiger partial charge in [0.15, 0.2) is 0 Å². The first-order valence-electron chi connectivity index (χ1n) is 14.2. The molecule has 3 aromatic carbocycles. The normalized spacial score (nSPS) is 11.8. The lowest BCUT2D eigenvalue weighted by atomic mass is 9.94. The van der Waals surface area contributed by atoms with E-state index in [4.69, 9.17) is 23.3 Å². The molecule has 0 saturated heterocycles. The quantitative estimate of drug-likeness (QED) is 0.0248. The summed E-state index contributed by atoms with van der Waals surface area (Å²) in [6.07, 6.45) is 8.12. The zero-order chi connectivity index (χ0) is 32.8. The minimum absolute atomic E-state index is 0.287. The Bertz CT molecular complexity index is 1550. The van der Waals surface area contributed by atoms with Gasteiger partial charge in [0.1, 0.15) is 12.2 Å². The molecule has 0 heterocycles. The second-order valence-corrected chi connectivity index (χ2v) is 10.4. The number of hydrogen-bond donors (Lipinski definition) is 5. The number of ether oxygens (including phenoxy) is 1. The van der Waals surface area contributed by atoms with E-state index in [0.29, 0.717) is 51.6 Å². The Balaban J connectivity index is 1.95. The number of unbranched alkanes of at least 4 members (excludes halogenated alkanes) is 3.